The van der Waals surface area contributed by atoms with E-state index in [9.17, 15) is 18.4 Å². The number of rotatable bonds is 6. The highest BCUT2D eigenvalue weighted by Gasteiger charge is 2.39. The number of carbonyl (C=O) groups is 2. The molecule has 2 amide bonds. The van der Waals surface area contributed by atoms with Gasteiger partial charge in [-0.3, -0.25) is 9.69 Å². The Morgan fingerprint density at radius 1 is 1.16 bits per heavy atom. The summed E-state index contributed by atoms with van der Waals surface area (Å²) < 4.78 is 41.6. The molecule has 2 atom stereocenters. The highest BCUT2D eigenvalue weighted by Crippen LogP contribution is 2.35. The third kappa shape index (κ3) is 6.33. The van der Waals surface area contributed by atoms with E-state index in [0.29, 0.717) is 39.2 Å². The van der Waals surface area contributed by atoms with E-state index in [1.807, 2.05) is 13.0 Å². The molecule has 12 heteroatoms. The summed E-state index contributed by atoms with van der Waals surface area (Å²) in [7, 11) is 0. The molecule has 0 N–H and O–H groups in total. The van der Waals surface area contributed by atoms with E-state index in [1.54, 1.807) is 57.7 Å². The van der Waals surface area contributed by atoms with Gasteiger partial charge in [-0.15, -0.1) is 0 Å². The van der Waals surface area contributed by atoms with Crippen LogP contribution < -0.4 is 4.74 Å². The molecule has 1 fully saturated rings. The zero-order valence-electron chi connectivity index (χ0n) is 25.4. The second-order valence-corrected chi connectivity index (χ2v) is 12.2. The van der Waals surface area contributed by atoms with Gasteiger partial charge in [0.05, 0.1) is 29.1 Å². The molecule has 0 unspecified atom stereocenters. The van der Waals surface area contributed by atoms with Gasteiger partial charge in [-0.05, 0) is 71.4 Å². The number of carbonyl (C=O) groups excluding carboxylic acids is 2. The smallest absolute Gasteiger partial charge is 0.411 e. The third-order valence-electron chi connectivity index (χ3n) is 7.51. The first kappa shape index (κ1) is 31.2. The monoisotopic (exact) mass is 625 g/mol. The van der Waals surface area contributed by atoms with Crippen molar-refractivity contribution in [2.24, 2.45) is 0 Å². The lowest BCUT2D eigenvalue weighted by molar-refractivity contribution is -0.143. The van der Waals surface area contributed by atoms with E-state index in [2.05, 4.69) is 10.1 Å². The van der Waals surface area contributed by atoms with Gasteiger partial charge in [0, 0.05) is 29.7 Å². The Kier molecular flexibility index (Phi) is 8.53. The zero-order chi connectivity index (χ0) is 31.9. The minimum Gasteiger partial charge on any atom is -0.487 e. The molecule has 232 valence electrons. The lowest BCUT2D eigenvalue weighted by Crippen LogP contribution is -2.58. The molecule has 2 aromatic heterocycles. The number of fused-ring (bicyclic) bond motifs is 1. The quantitative estimate of drug-likeness (QED) is 0.235. The second kappa shape index (κ2) is 12.0. The molecule has 2 aromatic carbocycles. The molecular weight excluding hydrogens is 592 g/mol. The molecule has 1 aliphatic heterocycles. The van der Waals surface area contributed by atoms with Crippen LogP contribution in [0.2, 0.25) is 5.02 Å². The Morgan fingerprint density at radius 3 is 2.59 bits per heavy atom. The number of hydrogen-bond donors (Lipinski definition) is 0. The molecule has 0 saturated carbocycles. The van der Waals surface area contributed by atoms with Crippen LogP contribution in [-0.2, 0) is 16.1 Å². The van der Waals surface area contributed by atoms with Crippen LogP contribution in [0.5, 0.6) is 5.75 Å². The van der Waals surface area contributed by atoms with Crippen molar-refractivity contribution in [3.63, 3.8) is 0 Å². The van der Waals surface area contributed by atoms with Gasteiger partial charge < -0.3 is 14.4 Å². The number of ether oxygens (including phenoxy) is 2. The van der Waals surface area contributed by atoms with Gasteiger partial charge in [0.2, 0.25) is 5.91 Å². The molecule has 0 bridgehead atoms. The van der Waals surface area contributed by atoms with E-state index in [1.165, 1.54) is 27.9 Å². The molecule has 3 heterocycles. The van der Waals surface area contributed by atoms with E-state index < -0.39 is 35.4 Å². The van der Waals surface area contributed by atoms with Gasteiger partial charge in [0.1, 0.15) is 35.3 Å². The first-order valence-corrected chi connectivity index (χ1v) is 14.6. The highest BCUT2D eigenvalue weighted by atomic mass is 35.5. The maximum Gasteiger partial charge on any atom is 0.411 e. The van der Waals surface area contributed by atoms with Crippen molar-refractivity contribution < 1.29 is 27.8 Å². The van der Waals surface area contributed by atoms with E-state index in [0.717, 1.165) is 6.20 Å². The van der Waals surface area contributed by atoms with Crippen molar-refractivity contribution in [1.29, 1.82) is 0 Å². The molecule has 0 aliphatic carbocycles. The van der Waals surface area contributed by atoms with Crippen LogP contribution in [0.4, 0.5) is 13.6 Å². The average Bonchev–Trinajstić information content (AvgIpc) is 3.38. The molecule has 0 spiro atoms. The van der Waals surface area contributed by atoms with Crippen molar-refractivity contribution >= 4 is 34.5 Å². The normalized spacial score (nSPS) is 16.4. The number of piperazine rings is 1. The number of para-hydroxylation sites is 1. The summed E-state index contributed by atoms with van der Waals surface area (Å²) in [5.41, 5.74) is 2.14. The van der Waals surface area contributed by atoms with Crippen LogP contribution in [-0.4, -0.2) is 61.3 Å². The molecule has 0 radical (unpaired) electrons. The molecule has 44 heavy (non-hydrogen) atoms. The van der Waals surface area contributed by atoms with Gasteiger partial charge >= 0.3 is 6.09 Å². The zero-order valence-corrected chi connectivity index (χ0v) is 26.2. The standard InChI is InChI=1S/C32H34ClF2N5O4/c1-18-12-27(40-16-22(35)15-36-40)23-8-7-9-28(29(23)37-18)43-17-25-24(13-21(34)14-26(25)33)19(2)38-10-11-39(20(3)30(38)41)31(42)44-32(4,5)6/h7-9,12-16,19-20H,10-11,17H2,1-6H3/t19-,20-/m0/s1. The molecule has 1 saturated heterocycles. The van der Waals surface area contributed by atoms with Crippen molar-refractivity contribution in [3.8, 4) is 11.4 Å². The summed E-state index contributed by atoms with van der Waals surface area (Å²) in [5.74, 6) is -0.869. The van der Waals surface area contributed by atoms with Gasteiger partial charge in [0.25, 0.3) is 0 Å². The predicted molar refractivity (Wildman–Crippen MR) is 162 cm³/mol. The van der Waals surface area contributed by atoms with Crippen molar-refractivity contribution in [1.82, 2.24) is 24.6 Å². The lowest BCUT2D eigenvalue weighted by atomic mass is 9.98. The first-order chi connectivity index (χ1) is 20.7. The Balaban J connectivity index is 1.42. The summed E-state index contributed by atoms with van der Waals surface area (Å²) in [6.45, 7) is 11.0. The van der Waals surface area contributed by atoms with Crippen LogP contribution in [0.3, 0.4) is 0 Å². The van der Waals surface area contributed by atoms with Crippen LogP contribution in [0.15, 0.2) is 48.8 Å². The number of halogens is 3. The number of aryl methyl sites for hydroxylation is 1. The number of amides is 2. The average molecular weight is 626 g/mol. The third-order valence-corrected chi connectivity index (χ3v) is 7.85. The Labute approximate surface area is 259 Å². The van der Waals surface area contributed by atoms with Gasteiger partial charge in [-0.2, -0.15) is 5.10 Å². The first-order valence-electron chi connectivity index (χ1n) is 14.2. The molecule has 9 nitrogen and oxygen atoms in total. The summed E-state index contributed by atoms with van der Waals surface area (Å²) in [6, 6.07) is 8.39. The van der Waals surface area contributed by atoms with E-state index >= 15 is 0 Å². The Morgan fingerprint density at radius 2 is 1.91 bits per heavy atom. The van der Waals surface area contributed by atoms with Crippen molar-refractivity contribution in [3.05, 3.63) is 82.3 Å². The number of nitrogens with zero attached hydrogens (tertiary/aromatic N) is 5. The number of hydrogen-bond acceptors (Lipinski definition) is 6. The fourth-order valence-corrected chi connectivity index (χ4v) is 5.65. The fraction of sp³-hybridized carbons (Fsp3) is 0.375. The van der Waals surface area contributed by atoms with Crippen molar-refractivity contribution in [2.75, 3.05) is 13.1 Å². The topological polar surface area (TPSA) is 89.8 Å². The summed E-state index contributed by atoms with van der Waals surface area (Å²) in [5, 5.41) is 4.94. The summed E-state index contributed by atoms with van der Waals surface area (Å²) in [4.78, 5) is 33.9. The van der Waals surface area contributed by atoms with Gasteiger partial charge in [-0.25, -0.2) is 23.2 Å². The summed E-state index contributed by atoms with van der Waals surface area (Å²) in [6.07, 6.45) is 1.85. The molecular formula is C32H34ClF2N5O4. The number of pyridine rings is 1. The van der Waals surface area contributed by atoms with Crippen LogP contribution in [0, 0.1) is 18.6 Å². The van der Waals surface area contributed by atoms with E-state index in [-0.39, 0.29) is 30.6 Å². The maximum atomic E-state index is 14.7. The highest BCUT2D eigenvalue weighted by molar-refractivity contribution is 6.31. The van der Waals surface area contributed by atoms with Crippen LogP contribution in [0.1, 0.15) is 57.5 Å². The Bertz CT molecular complexity index is 1740. The number of aromatic nitrogens is 3. The minimum absolute atomic E-state index is 0.0408. The molecule has 4 aromatic rings. The SMILES string of the molecule is Cc1cc(-n2cc(F)cn2)c2cccc(OCc3c(Cl)cc(F)cc3[C@H](C)N3CCN(C(=O)OC(C)(C)C)[C@@H](C)C3=O)c2n1. The lowest BCUT2D eigenvalue weighted by Gasteiger charge is -2.42. The minimum atomic E-state index is -0.771. The molecule has 5 rings (SSSR count). The predicted octanol–water partition coefficient (Wildman–Crippen LogP) is 6.77. The van der Waals surface area contributed by atoms with Gasteiger partial charge in [0.15, 0.2) is 5.82 Å². The largest absolute Gasteiger partial charge is 0.487 e. The maximum absolute atomic E-state index is 14.7. The Hall–Kier alpha value is -4.25. The fourth-order valence-electron chi connectivity index (χ4n) is 5.38. The van der Waals surface area contributed by atoms with Crippen LogP contribution in [0.25, 0.3) is 16.6 Å². The van der Waals surface area contributed by atoms with E-state index in [4.69, 9.17) is 21.1 Å². The van der Waals surface area contributed by atoms with Crippen molar-refractivity contribution in [2.45, 2.75) is 65.8 Å². The molecule has 1 aliphatic rings. The second-order valence-electron chi connectivity index (χ2n) is 11.8. The summed E-state index contributed by atoms with van der Waals surface area (Å²) >= 11 is 6.57. The van der Waals surface area contributed by atoms with Crippen LogP contribution >= 0.6 is 11.6 Å². The number of benzene rings is 2. The van der Waals surface area contributed by atoms with Gasteiger partial charge in [-0.1, -0.05) is 23.7 Å².